The van der Waals surface area contributed by atoms with E-state index in [4.69, 9.17) is 21.8 Å². The number of aliphatic hydroxyl groups excluding tert-OH is 1. The number of rotatable bonds is 7. The summed E-state index contributed by atoms with van der Waals surface area (Å²) in [6.07, 6.45) is -0.0802. The normalized spacial score (nSPS) is 10.3. The zero-order valence-electron chi connectivity index (χ0n) is 11.0. The molecule has 0 aromatic heterocycles. The molecule has 0 aliphatic carbocycles. The minimum Gasteiger partial charge on any atom is -0.478 e. The lowest BCUT2D eigenvalue weighted by Crippen LogP contribution is -2.25. The van der Waals surface area contributed by atoms with Gasteiger partial charge in [0.1, 0.15) is 25.2 Å². The minimum atomic E-state index is -1.05. The zero-order chi connectivity index (χ0) is 16.1. The van der Waals surface area contributed by atoms with Crippen LogP contribution in [0.15, 0.2) is 24.8 Å². The number of aliphatic carboxylic acids is 1. The van der Waals surface area contributed by atoms with E-state index in [9.17, 15) is 14.4 Å². The van der Waals surface area contributed by atoms with Gasteiger partial charge in [0.25, 0.3) is 0 Å². The Labute approximate surface area is 121 Å². The van der Waals surface area contributed by atoms with Crippen molar-refractivity contribution in [3.8, 4) is 0 Å². The average Bonchev–Trinajstić information content (AvgIpc) is 2.42. The molecule has 0 rings (SSSR count). The van der Waals surface area contributed by atoms with Crippen LogP contribution in [0, 0.1) is 0 Å². The highest BCUT2D eigenvalue weighted by Crippen LogP contribution is 1.91. The van der Waals surface area contributed by atoms with Crippen molar-refractivity contribution >= 4 is 29.5 Å². The van der Waals surface area contributed by atoms with E-state index in [0.717, 1.165) is 6.08 Å². The molecule has 0 amide bonds. The molecule has 1 unspecified atom stereocenters. The molecule has 114 valence electrons. The summed E-state index contributed by atoms with van der Waals surface area (Å²) in [5.74, 6) is -2.50. The predicted octanol–water partition coefficient (Wildman–Crippen LogP) is 0.506. The minimum absolute atomic E-state index is 0.176. The molecule has 0 aliphatic rings. The SMILES string of the molecule is C=C(C)C(=O)O.C=CC(=O)OCC(O)COC(=O)CCl. The number of carbonyl (C=O) groups excluding carboxylic acids is 2. The van der Waals surface area contributed by atoms with Crippen molar-refractivity contribution in [2.45, 2.75) is 13.0 Å². The van der Waals surface area contributed by atoms with Crippen LogP contribution in [0.3, 0.4) is 0 Å². The quantitative estimate of drug-likeness (QED) is 0.400. The Morgan fingerprint density at radius 1 is 1.30 bits per heavy atom. The third-order valence-electron chi connectivity index (χ3n) is 1.50. The Hall–Kier alpha value is -1.86. The Balaban J connectivity index is 0. The molecular formula is C12H17ClO7. The van der Waals surface area contributed by atoms with Crippen LogP contribution in [0.1, 0.15) is 6.92 Å². The van der Waals surface area contributed by atoms with Gasteiger partial charge in [-0.2, -0.15) is 0 Å². The Kier molecular flexibility index (Phi) is 12.5. The molecule has 0 heterocycles. The summed E-state index contributed by atoms with van der Waals surface area (Å²) in [6.45, 7) is 7.27. The van der Waals surface area contributed by atoms with Gasteiger partial charge in [0.15, 0.2) is 0 Å². The number of hydrogen-bond donors (Lipinski definition) is 2. The van der Waals surface area contributed by atoms with Crippen molar-refractivity contribution in [2.24, 2.45) is 0 Å². The molecule has 0 spiro atoms. The number of aliphatic hydroxyl groups is 1. The fourth-order valence-electron chi connectivity index (χ4n) is 0.513. The van der Waals surface area contributed by atoms with E-state index in [1.807, 2.05) is 0 Å². The molecule has 8 heteroatoms. The highest BCUT2D eigenvalue weighted by Gasteiger charge is 2.09. The van der Waals surface area contributed by atoms with Crippen molar-refractivity contribution in [2.75, 3.05) is 19.1 Å². The van der Waals surface area contributed by atoms with Crippen molar-refractivity contribution < 1.29 is 34.1 Å². The van der Waals surface area contributed by atoms with Gasteiger partial charge in [-0.1, -0.05) is 13.2 Å². The monoisotopic (exact) mass is 308 g/mol. The summed E-state index contributed by atoms with van der Waals surface area (Å²) in [7, 11) is 0. The van der Waals surface area contributed by atoms with Gasteiger partial charge in [-0.15, -0.1) is 11.6 Å². The van der Waals surface area contributed by atoms with Crippen LogP contribution in [-0.2, 0) is 23.9 Å². The summed E-state index contributed by atoms with van der Waals surface area (Å²) >= 11 is 5.13. The second-order valence-electron chi connectivity index (χ2n) is 3.39. The first kappa shape index (κ1) is 20.5. The smallest absolute Gasteiger partial charge is 0.330 e. The maximum atomic E-state index is 10.5. The van der Waals surface area contributed by atoms with E-state index in [2.05, 4.69) is 22.6 Å². The second-order valence-corrected chi connectivity index (χ2v) is 3.66. The van der Waals surface area contributed by atoms with Gasteiger partial charge < -0.3 is 19.7 Å². The van der Waals surface area contributed by atoms with E-state index in [1.165, 1.54) is 6.92 Å². The lowest BCUT2D eigenvalue weighted by molar-refractivity contribution is -0.147. The van der Waals surface area contributed by atoms with Crippen molar-refractivity contribution in [1.82, 2.24) is 0 Å². The lowest BCUT2D eigenvalue weighted by atomic mass is 10.4. The summed E-state index contributed by atoms with van der Waals surface area (Å²) in [5, 5.41) is 17.0. The Bertz CT molecular complexity index is 353. The number of esters is 2. The van der Waals surface area contributed by atoms with Crippen LogP contribution in [0.4, 0.5) is 0 Å². The molecule has 0 saturated carbocycles. The van der Waals surface area contributed by atoms with Crippen molar-refractivity contribution in [3.05, 3.63) is 24.8 Å². The fourth-order valence-corrected chi connectivity index (χ4v) is 0.590. The number of halogens is 1. The molecule has 0 aromatic carbocycles. The highest BCUT2D eigenvalue weighted by molar-refractivity contribution is 6.26. The Morgan fingerprint density at radius 3 is 2.10 bits per heavy atom. The van der Waals surface area contributed by atoms with Crippen LogP contribution in [0.25, 0.3) is 0 Å². The van der Waals surface area contributed by atoms with Gasteiger partial charge in [0.05, 0.1) is 0 Å². The fraction of sp³-hybridized carbons (Fsp3) is 0.417. The van der Waals surface area contributed by atoms with Crippen molar-refractivity contribution in [3.63, 3.8) is 0 Å². The van der Waals surface area contributed by atoms with E-state index >= 15 is 0 Å². The standard InChI is InChI=1S/C8H11ClO5.C4H6O2/c1-2-7(11)13-4-6(10)5-14-8(12)3-9;1-3(2)4(5)6/h2,6,10H,1,3-5H2;1H2,2H3,(H,5,6). The van der Waals surface area contributed by atoms with Crippen LogP contribution < -0.4 is 0 Å². The summed E-state index contributed by atoms with van der Waals surface area (Å²) < 4.78 is 8.97. The van der Waals surface area contributed by atoms with Crippen LogP contribution in [0.2, 0.25) is 0 Å². The maximum absolute atomic E-state index is 10.5. The van der Waals surface area contributed by atoms with Crippen molar-refractivity contribution in [1.29, 1.82) is 0 Å². The second kappa shape index (κ2) is 12.2. The van der Waals surface area contributed by atoms with E-state index in [0.29, 0.717) is 0 Å². The van der Waals surface area contributed by atoms with Crippen LogP contribution in [0.5, 0.6) is 0 Å². The summed E-state index contributed by atoms with van der Waals surface area (Å²) in [6, 6.07) is 0. The number of alkyl halides is 1. The zero-order valence-corrected chi connectivity index (χ0v) is 11.8. The molecule has 0 aromatic rings. The van der Waals surface area contributed by atoms with Crippen LogP contribution in [-0.4, -0.2) is 53.3 Å². The number of hydrogen-bond acceptors (Lipinski definition) is 6. The predicted molar refractivity (Wildman–Crippen MR) is 71.3 cm³/mol. The van der Waals surface area contributed by atoms with Gasteiger partial charge in [-0.3, -0.25) is 4.79 Å². The molecule has 0 radical (unpaired) electrons. The maximum Gasteiger partial charge on any atom is 0.330 e. The highest BCUT2D eigenvalue weighted by atomic mass is 35.5. The van der Waals surface area contributed by atoms with Crippen LogP contribution >= 0.6 is 11.6 Å². The molecule has 20 heavy (non-hydrogen) atoms. The van der Waals surface area contributed by atoms with E-state index < -0.39 is 24.0 Å². The first-order valence-corrected chi connectivity index (χ1v) is 5.85. The van der Waals surface area contributed by atoms with Gasteiger partial charge in [0.2, 0.25) is 0 Å². The third kappa shape index (κ3) is 14.2. The molecular weight excluding hydrogens is 292 g/mol. The molecule has 2 N–H and O–H groups in total. The number of carbonyl (C=O) groups is 3. The molecule has 1 atom stereocenters. The topological polar surface area (TPSA) is 110 Å². The van der Waals surface area contributed by atoms with Gasteiger partial charge in [0, 0.05) is 11.6 Å². The van der Waals surface area contributed by atoms with E-state index in [-0.39, 0.29) is 24.7 Å². The summed E-state index contributed by atoms with van der Waals surface area (Å²) in [5.41, 5.74) is 0.176. The number of carboxylic acids is 1. The number of carboxylic acid groups (broad SMARTS) is 1. The summed E-state index contributed by atoms with van der Waals surface area (Å²) in [4.78, 5) is 30.7. The molecule has 0 fully saturated rings. The lowest BCUT2D eigenvalue weighted by Gasteiger charge is -2.10. The average molecular weight is 309 g/mol. The van der Waals surface area contributed by atoms with Gasteiger partial charge in [-0.05, 0) is 6.92 Å². The van der Waals surface area contributed by atoms with Gasteiger partial charge >= 0.3 is 17.9 Å². The Morgan fingerprint density at radius 2 is 1.75 bits per heavy atom. The molecule has 0 aliphatic heterocycles. The van der Waals surface area contributed by atoms with Gasteiger partial charge in [-0.25, -0.2) is 9.59 Å². The number of ether oxygens (including phenoxy) is 2. The first-order valence-electron chi connectivity index (χ1n) is 5.32. The first-order chi connectivity index (χ1) is 9.24. The largest absolute Gasteiger partial charge is 0.478 e. The third-order valence-corrected chi connectivity index (χ3v) is 1.71. The van der Waals surface area contributed by atoms with E-state index in [1.54, 1.807) is 0 Å². The molecule has 7 nitrogen and oxygen atoms in total. The molecule has 0 bridgehead atoms. The molecule has 0 saturated heterocycles.